The van der Waals surface area contributed by atoms with Crippen LogP contribution >= 0.6 is 23.2 Å². The summed E-state index contributed by atoms with van der Waals surface area (Å²) in [6.45, 7) is 2.84. The fourth-order valence-corrected chi connectivity index (χ4v) is 2.55. The smallest absolute Gasteiger partial charge is 0.120 e. The molecule has 2 aromatic carbocycles. The van der Waals surface area contributed by atoms with Crippen molar-refractivity contribution >= 4 is 23.2 Å². The van der Waals surface area contributed by atoms with Crippen LogP contribution in [0.15, 0.2) is 42.5 Å². The van der Waals surface area contributed by atoms with Crippen LogP contribution in [0.25, 0.3) is 0 Å². The first kappa shape index (κ1) is 19.0. The number of halogens is 2. The predicted molar refractivity (Wildman–Crippen MR) is 96.8 cm³/mol. The van der Waals surface area contributed by atoms with E-state index in [0.717, 1.165) is 30.0 Å². The van der Waals surface area contributed by atoms with Crippen molar-refractivity contribution in [3.8, 4) is 5.75 Å². The molecule has 2 aromatic rings. The Labute approximate surface area is 152 Å². The van der Waals surface area contributed by atoms with Gasteiger partial charge in [-0.15, -0.1) is 0 Å². The van der Waals surface area contributed by atoms with Gasteiger partial charge in [0.05, 0.1) is 19.8 Å². The molecule has 0 aromatic heterocycles. The Bertz CT molecular complexity index is 637. The summed E-state index contributed by atoms with van der Waals surface area (Å²) >= 11 is 12.0. The van der Waals surface area contributed by atoms with Crippen LogP contribution in [0.5, 0.6) is 5.75 Å². The predicted octanol–water partition coefficient (Wildman–Crippen LogP) is 3.67. The summed E-state index contributed by atoms with van der Waals surface area (Å²) in [5.41, 5.74) is 2.02. The molecule has 0 aliphatic rings. The Morgan fingerprint density at radius 2 is 1.92 bits per heavy atom. The molecule has 0 atom stereocenters. The Kier molecular flexibility index (Phi) is 8.36. The minimum absolute atomic E-state index is 0.0526. The highest BCUT2D eigenvalue weighted by Crippen LogP contribution is 2.23. The summed E-state index contributed by atoms with van der Waals surface area (Å²) in [7, 11) is 0. The van der Waals surface area contributed by atoms with Gasteiger partial charge >= 0.3 is 0 Å². The highest BCUT2D eigenvalue weighted by atomic mass is 35.5. The third kappa shape index (κ3) is 6.67. The Hall–Kier alpha value is -1.30. The number of nitrogens with one attached hydrogen (secondary N) is 1. The fraction of sp³-hybridized carbons (Fsp3) is 0.333. The molecule has 0 unspecified atom stereocenters. The molecule has 0 saturated carbocycles. The zero-order valence-electron chi connectivity index (χ0n) is 13.3. The van der Waals surface area contributed by atoms with E-state index in [4.69, 9.17) is 37.8 Å². The van der Waals surface area contributed by atoms with Gasteiger partial charge in [0.25, 0.3) is 0 Å². The molecule has 0 bridgehead atoms. The highest BCUT2D eigenvalue weighted by molar-refractivity contribution is 6.35. The number of aliphatic hydroxyl groups excluding tert-OH is 1. The van der Waals surface area contributed by atoms with Gasteiger partial charge in [-0.2, -0.15) is 0 Å². The summed E-state index contributed by atoms with van der Waals surface area (Å²) in [6.07, 6.45) is 0. The van der Waals surface area contributed by atoms with Crippen molar-refractivity contribution in [1.29, 1.82) is 0 Å². The number of benzene rings is 2. The van der Waals surface area contributed by atoms with E-state index in [1.165, 1.54) is 0 Å². The molecule has 6 heteroatoms. The molecule has 0 heterocycles. The van der Waals surface area contributed by atoms with Gasteiger partial charge in [-0.25, -0.2) is 0 Å². The van der Waals surface area contributed by atoms with E-state index in [2.05, 4.69) is 5.32 Å². The Morgan fingerprint density at radius 1 is 1.04 bits per heavy atom. The molecule has 130 valence electrons. The maximum absolute atomic E-state index is 8.62. The van der Waals surface area contributed by atoms with E-state index < -0.39 is 0 Å². The van der Waals surface area contributed by atoms with E-state index in [-0.39, 0.29) is 6.61 Å². The van der Waals surface area contributed by atoms with E-state index in [1.807, 2.05) is 30.3 Å². The second kappa shape index (κ2) is 10.5. The van der Waals surface area contributed by atoms with Crippen LogP contribution in [-0.4, -0.2) is 31.5 Å². The van der Waals surface area contributed by atoms with Crippen molar-refractivity contribution in [2.24, 2.45) is 0 Å². The van der Waals surface area contributed by atoms with Crippen LogP contribution < -0.4 is 10.1 Å². The Morgan fingerprint density at radius 3 is 2.71 bits per heavy atom. The average Bonchev–Trinajstić information content (AvgIpc) is 2.58. The van der Waals surface area contributed by atoms with Gasteiger partial charge in [0.1, 0.15) is 12.4 Å². The fourth-order valence-electron chi connectivity index (χ4n) is 2.09. The summed E-state index contributed by atoms with van der Waals surface area (Å²) in [4.78, 5) is 0. The lowest BCUT2D eigenvalue weighted by Crippen LogP contribution is -2.20. The molecule has 0 spiro atoms. The molecular weight excluding hydrogens is 349 g/mol. The number of hydrogen-bond donors (Lipinski definition) is 2. The Balaban J connectivity index is 1.79. The maximum Gasteiger partial charge on any atom is 0.120 e. The lowest BCUT2D eigenvalue weighted by Gasteiger charge is -2.10. The summed E-state index contributed by atoms with van der Waals surface area (Å²) in [5.74, 6) is 0.789. The van der Waals surface area contributed by atoms with Gasteiger partial charge in [-0.3, -0.25) is 0 Å². The van der Waals surface area contributed by atoms with E-state index >= 15 is 0 Å². The molecule has 0 aliphatic heterocycles. The van der Waals surface area contributed by atoms with Crippen LogP contribution in [0.3, 0.4) is 0 Å². The standard InChI is InChI=1S/C18H21Cl2NO3/c19-16-5-4-15(18(20)11-16)13-24-17-3-1-2-14(10-17)12-21-6-8-23-9-7-22/h1-5,10-11,21-22H,6-9,12-13H2. The molecule has 4 nitrogen and oxygen atoms in total. The van der Waals surface area contributed by atoms with Gasteiger partial charge in [0.15, 0.2) is 0 Å². The number of aliphatic hydroxyl groups is 1. The van der Waals surface area contributed by atoms with Crippen LogP contribution in [0.4, 0.5) is 0 Å². The number of hydrogen-bond acceptors (Lipinski definition) is 4. The minimum Gasteiger partial charge on any atom is -0.489 e. The highest BCUT2D eigenvalue weighted by Gasteiger charge is 2.03. The molecule has 2 N–H and O–H groups in total. The molecule has 0 radical (unpaired) electrons. The molecular formula is C18H21Cl2NO3. The van der Waals surface area contributed by atoms with Gasteiger partial charge < -0.3 is 19.9 Å². The maximum atomic E-state index is 8.62. The van der Waals surface area contributed by atoms with Crippen LogP contribution in [0, 0.1) is 0 Å². The van der Waals surface area contributed by atoms with E-state index in [0.29, 0.717) is 29.9 Å². The second-order valence-corrected chi connectivity index (χ2v) is 6.03. The molecule has 0 amide bonds. The summed E-state index contributed by atoms with van der Waals surface area (Å²) in [6, 6.07) is 13.3. The third-order valence-electron chi connectivity index (χ3n) is 3.30. The lowest BCUT2D eigenvalue weighted by molar-refractivity contribution is 0.0938. The number of ether oxygens (including phenoxy) is 2. The molecule has 0 fully saturated rings. The quantitative estimate of drug-likeness (QED) is 0.627. The van der Waals surface area contributed by atoms with E-state index in [1.54, 1.807) is 12.1 Å². The first-order valence-electron chi connectivity index (χ1n) is 7.74. The molecule has 2 rings (SSSR count). The topological polar surface area (TPSA) is 50.7 Å². The lowest BCUT2D eigenvalue weighted by atomic mass is 10.2. The first-order chi connectivity index (χ1) is 11.7. The molecule has 0 aliphatic carbocycles. The van der Waals surface area contributed by atoms with Crippen molar-refractivity contribution in [1.82, 2.24) is 5.32 Å². The monoisotopic (exact) mass is 369 g/mol. The number of rotatable bonds is 10. The third-order valence-corrected chi connectivity index (χ3v) is 3.88. The first-order valence-corrected chi connectivity index (χ1v) is 8.49. The van der Waals surface area contributed by atoms with Crippen molar-refractivity contribution in [3.63, 3.8) is 0 Å². The SMILES string of the molecule is OCCOCCNCc1cccc(OCc2ccc(Cl)cc2Cl)c1. The van der Waals surface area contributed by atoms with Crippen molar-refractivity contribution in [2.75, 3.05) is 26.4 Å². The van der Waals surface area contributed by atoms with Crippen molar-refractivity contribution in [2.45, 2.75) is 13.2 Å². The molecule has 24 heavy (non-hydrogen) atoms. The zero-order valence-corrected chi connectivity index (χ0v) is 14.8. The van der Waals surface area contributed by atoms with Crippen molar-refractivity contribution < 1.29 is 14.6 Å². The minimum atomic E-state index is 0.0526. The van der Waals surface area contributed by atoms with Crippen molar-refractivity contribution in [3.05, 3.63) is 63.6 Å². The zero-order chi connectivity index (χ0) is 17.2. The van der Waals surface area contributed by atoms with Gasteiger partial charge in [0, 0.05) is 28.7 Å². The largest absolute Gasteiger partial charge is 0.489 e. The second-order valence-electron chi connectivity index (χ2n) is 5.18. The van der Waals surface area contributed by atoms with Gasteiger partial charge in [-0.1, -0.05) is 41.4 Å². The van der Waals surface area contributed by atoms with Crippen LogP contribution in [0.2, 0.25) is 10.0 Å². The normalized spacial score (nSPS) is 10.8. The van der Waals surface area contributed by atoms with Gasteiger partial charge in [0.2, 0.25) is 0 Å². The van der Waals surface area contributed by atoms with Crippen LogP contribution in [-0.2, 0) is 17.9 Å². The van der Waals surface area contributed by atoms with Gasteiger partial charge in [-0.05, 0) is 29.8 Å². The molecule has 0 saturated heterocycles. The van der Waals surface area contributed by atoms with Crippen LogP contribution in [0.1, 0.15) is 11.1 Å². The average molecular weight is 370 g/mol. The van der Waals surface area contributed by atoms with E-state index in [9.17, 15) is 0 Å². The summed E-state index contributed by atoms with van der Waals surface area (Å²) < 4.78 is 11.0. The summed E-state index contributed by atoms with van der Waals surface area (Å²) in [5, 5.41) is 13.1.